The molecule has 1 aromatic carbocycles. The van der Waals surface area contributed by atoms with Gasteiger partial charge < -0.3 is 5.32 Å². The van der Waals surface area contributed by atoms with Gasteiger partial charge in [0, 0.05) is 16.8 Å². The van der Waals surface area contributed by atoms with Gasteiger partial charge in [-0.25, -0.2) is 9.67 Å². The maximum Gasteiger partial charge on any atom is 0.209 e. The Kier molecular flexibility index (Phi) is 4.24. The normalized spacial score (nSPS) is 14.1. The van der Waals surface area contributed by atoms with Gasteiger partial charge in [-0.1, -0.05) is 17.8 Å². The monoisotopic (exact) mass is 358 g/mol. The number of benzene rings is 1. The van der Waals surface area contributed by atoms with Crippen LogP contribution in [0.25, 0.3) is 0 Å². The molecule has 1 fully saturated rings. The van der Waals surface area contributed by atoms with Gasteiger partial charge in [0.2, 0.25) is 5.16 Å². The lowest BCUT2D eigenvalue weighted by Crippen LogP contribution is -1.98. The molecular formula is C16H18N6S2. The molecule has 1 saturated carbocycles. The lowest BCUT2D eigenvalue weighted by atomic mass is 10.1. The van der Waals surface area contributed by atoms with Crippen molar-refractivity contribution in [3.63, 3.8) is 0 Å². The summed E-state index contributed by atoms with van der Waals surface area (Å²) < 4.78 is 1.94. The van der Waals surface area contributed by atoms with Crippen LogP contribution in [0, 0.1) is 13.8 Å². The second-order valence-electron chi connectivity index (χ2n) is 5.99. The van der Waals surface area contributed by atoms with Gasteiger partial charge >= 0.3 is 0 Å². The number of hydrogen-bond donors (Lipinski definition) is 1. The van der Waals surface area contributed by atoms with E-state index in [1.54, 1.807) is 23.1 Å². The quantitative estimate of drug-likeness (QED) is 0.669. The molecule has 6 nitrogen and oxygen atoms in total. The molecule has 24 heavy (non-hydrogen) atoms. The standard InChI is InChI=1S/C16H18N6S2/c1-10-3-4-12(7-11(10)2)17-15-18-13(8-23-15)9-24-16-19-20-21-22(16)14-5-6-14/h3-4,7-8,14H,5-6,9H2,1-2H3,(H,17,18). The highest BCUT2D eigenvalue weighted by molar-refractivity contribution is 7.98. The minimum absolute atomic E-state index is 0.500. The molecule has 0 saturated heterocycles. The molecule has 1 aliphatic carbocycles. The summed E-state index contributed by atoms with van der Waals surface area (Å²) in [4.78, 5) is 4.66. The van der Waals surface area contributed by atoms with Crippen molar-refractivity contribution in [2.24, 2.45) is 0 Å². The summed E-state index contributed by atoms with van der Waals surface area (Å²) in [7, 11) is 0. The molecule has 8 heteroatoms. The number of thioether (sulfide) groups is 1. The summed E-state index contributed by atoms with van der Waals surface area (Å²) in [5.74, 6) is 0.776. The SMILES string of the molecule is Cc1ccc(Nc2nc(CSc3nnnn3C3CC3)cs2)cc1C. The first-order chi connectivity index (χ1) is 11.7. The third-order valence-electron chi connectivity index (χ3n) is 4.01. The summed E-state index contributed by atoms with van der Waals surface area (Å²) in [5, 5.41) is 19.2. The highest BCUT2D eigenvalue weighted by atomic mass is 32.2. The largest absolute Gasteiger partial charge is 0.332 e. The molecule has 0 aliphatic heterocycles. The third-order valence-corrected chi connectivity index (χ3v) is 5.79. The fraction of sp³-hybridized carbons (Fsp3) is 0.375. The summed E-state index contributed by atoms with van der Waals surface area (Å²) in [6.07, 6.45) is 2.36. The van der Waals surface area contributed by atoms with Crippen LogP contribution in [0.1, 0.15) is 35.7 Å². The Morgan fingerprint density at radius 1 is 1.29 bits per heavy atom. The van der Waals surface area contributed by atoms with Gasteiger partial charge in [-0.3, -0.25) is 0 Å². The Balaban J connectivity index is 1.39. The molecule has 1 aliphatic rings. The lowest BCUT2D eigenvalue weighted by Gasteiger charge is -2.05. The Hall–Kier alpha value is -1.93. The van der Waals surface area contributed by atoms with Crippen molar-refractivity contribution in [2.75, 3.05) is 5.32 Å². The van der Waals surface area contributed by atoms with Crippen LogP contribution in [0.3, 0.4) is 0 Å². The molecular weight excluding hydrogens is 340 g/mol. The zero-order chi connectivity index (χ0) is 16.5. The third kappa shape index (κ3) is 3.44. The molecule has 0 bridgehead atoms. The number of thiazole rings is 1. The van der Waals surface area contributed by atoms with Crippen LogP contribution >= 0.6 is 23.1 Å². The van der Waals surface area contributed by atoms with Crippen molar-refractivity contribution in [3.05, 3.63) is 40.4 Å². The van der Waals surface area contributed by atoms with Crippen LogP contribution in [0.15, 0.2) is 28.7 Å². The molecule has 124 valence electrons. The molecule has 2 aromatic heterocycles. The van der Waals surface area contributed by atoms with Crippen LogP contribution in [-0.2, 0) is 5.75 Å². The molecule has 3 aromatic rings. The van der Waals surface area contributed by atoms with Crippen molar-refractivity contribution in [1.29, 1.82) is 0 Å². The predicted molar refractivity (Wildman–Crippen MR) is 97.0 cm³/mol. The first kappa shape index (κ1) is 15.6. The topological polar surface area (TPSA) is 68.5 Å². The van der Waals surface area contributed by atoms with Gasteiger partial charge in [-0.05, 0) is 60.4 Å². The van der Waals surface area contributed by atoms with E-state index in [4.69, 9.17) is 0 Å². The summed E-state index contributed by atoms with van der Waals surface area (Å²) in [6, 6.07) is 6.86. The van der Waals surface area contributed by atoms with Crippen LogP contribution in [0.2, 0.25) is 0 Å². The van der Waals surface area contributed by atoms with E-state index in [0.717, 1.165) is 27.4 Å². The number of rotatable bonds is 6. The molecule has 4 rings (SSSR count). The van der Waals surface area contributed by atoms with E-state index in [9.17, 15) is 0 Å². The summed E-state index contributed by atoms with van der Waals surface area (Å²) in [6.45, 7) is 4.24. The predicted octanol–water partition coefficient (Wildman–Crippen LogP) is 4.12. The van der Waals surface area contributed by atoms with Crippen LogP contribution in [0.5, 0.6) is 0 Å². The van der Waals surface area contributed by atoms with E-state index in [1.807, 2.05) is 4.68 Å². The minimum Gasteiger partial charge on any atom is -0.332 e. The number of hydrogen-bond acceptors (Lipinski definition) is 7. The number of nitrogens with one attached hydrogen (secondary N) is 1. The number of nitrogens with zero attached hydrogens (tertiary/aromatic N) is 5. The van der Waals surface area contributed by atoms with Gasteiger partial charge in [0.1, 0.15) is 0 Å². The van der Waals surface area contributed by atoms with Crippen LogP contribution < -0.4 is 5.32 Å². The van der Waals surface area contributed by atoms with Gasteiger partial charge in [-0.2, -0.15) is 0 Å². The van der Waals surface area contributed by atoms with Crippen molar-refractivity contribution >= 4 is 33.9 Å². The van der Waals surface area contributed by atoms with E-state index >= 15 is 0 Å². The maximum atomic E-state index is 4.66. The van der Waals surface area contributed by atoms with E-state index in [0.29, 0.717) is 6.04 Å². The minimum atomic E-state index is 0.500. The molecule has 1 N–H and O–H groups in total. The molecule has 0 amide bonds. The van der Waals surface area contributed by atoms with Gasteiger partial charge in [0.25, 0.3) is 0 Å². The smallest absolute Gasteiger partial charge is 0.209 e. The van der Waals surface area contributed by atoms with E-state index in [1.165, 1.54) is 24.0 Å². The van der Waals surface area contributed by atoms with Crippen LogP contribution in [-0.4, -0.2) is 25.2 Å². The molecule has 0 radical (unpaired) electrons. The molecule has 0 unspecified atom stereocenters. The fourth-order valence-corrected chi connectivity index (χ4v) is 4.01. The average molecular weight is 358 g/mol. The zero-order valence-electron chi connectivity index (χ0n) is 13.6. The lowest BCUT2D eigenvalue weighted by molar-refractivity contribution is 0.565. The first-order valence-electron chi connectivity index (χ1n) is 7.88. The molecule has 0 spiro atoms. The second kappa shape index (κ2) is 6.52. The number of aromatic nitrogens is 5. The molecule has 0 atom stereocenters. The summed E-state index contributed by atoms with van der Waals surface area (Å²) >= 11 is 3.26. The highest BCUT2D eigenvalue weighted by Gasteiger charge is 2.27. The zero-order valence-corrected chi connectivity index (χ0v) is 15.2. The Morgan fingerprint density at radius 3 is 2.96 bits per heavy atom. The Labute approximate surface area is 148 Å². The number of tetrazole rings is 1. The average Bonchev–Trinajstić information content (AvgIpc) is 3.14. The summed E-state index contributed by atoms with van der Waals surface area (Å²) in [5.41, 5.74) is 4.69. The van der Waals surface area contributed by atoms with Gasteiger partial charge in [-0.15, -0.1) is 16.4 Å². The first-order valence-corrected chi connectivity index (χ1v) is 9.75. The second-order valence-corrected chi connectivity index (χ2v) is 7.79. The van der Waals surface area contributed by atoms with Crippen molar-refractivity contribution < 1.29 is 0 Å². The van der Waals surface area contributed by atoms with Gasteiger partial charge in [0.05, 0.1) is 11.7 Å². The Morgan fingerprint density at radius 2 is 2.17 bits per heavy atom. The number of anilines is 2. The van der Waals surface area contributed by atoms with E-state index < -0.39 is 0 Å². The van der Waals surface area contributed by atoms with E-state index in [2.05, 4.69) is 63.3 Å². The Bertz CT molecular complexity index is 852. The van der Waals surface area contributed by atoms with Crippen molar-refractivity contribution in [3.8, 4) is 0 Å². The molecule has 2 heterocycles. The van der Waals surface area contributed by atoms with Crippen molar-refractivity contribution in [2.45, 2.75) is 43.6 Å². The number of aryl methyl sites for hydroxylation is 2. The fourth-order valence-electron chi connectivity index (χ4n) is 2.34. The van der Waals surface area contributed by atoms with Crippen LogP contribution in [0.4, 0.5) is 10.8 Å². The highest BCUT2D eigenvalue weighted by Crippen LogP contribution is 2.37. The van der Waals surface area contributed by atoms with Gasteiger partial charge in [0.15, 0.2) is 5.13 Å². The van der Waals surface area contributed by atoms with Crippen molar-refractivity contribution in [1.82, 2.24) is 25.2 Å². The maximum absolute atomic E-state index is 4.66. The van der Waals surface area contributed by atoms with E-state index in [-0.39, 0.29) is 0 Å².